The SMILES string of the molecule is CCN(CC(O)COc1ccc(C(C)(C)c2ccccc2)cc1)C12CC3CC(CC(C3)C1)C2. The molecular formula is C30H41NO2. The number of nitrogens with zero attached hydrogens (tertiary/aromatic N) is 1. The van der Waals surface area contributed by atoms with Crippen molar-refractivity contribution in [1.29, 1.82) is 0 Å². The number of rotatable bonds is 9. The van der Waals surface area contributed by atoms with Crippen molar-refractivity contribution in [1.82, 2.24) is 4.90 Å². The minimum Gasteiger partial charge on any atom is -0.491 e. The van der Waals surface area contributed by atoms with Crippen LogP contribution in [0.5, 0.6) is 5.75 Å². The fraction of sp³-hybridized carbons (Fsp3) is 0.600. The van der Waals surface area contributed by atoms with E-state index in [2.05, 4.69) is 68.1 Å². The Kier molecular flexibility index (Phi) is 6.30. The fourth-order valence-electron chi connectivity index (χ4n) is 7.60. The Hall–Kier alpha value is -1.84. The Morgan fingerprint density at radius 3 is 2.00 bits per heavy atom. The molecule has 2 aromatic rings. The normalized spacial score (nSPS) is 29.4. The minimum absolute atomic E-state index is 0.0568. The van der Waals surface area contributed by atoms with Crippen LogP contribution in [0.1, 0.15) is 70.4 Å². The van der Waals surface area contributed by atoms with Gasteiger partial charge in [0.15, 0.2) is 0 Å². The van der Waals surface area contributed by atoms with Crippen LogP contribution in [0.25, 0.3) is 0 Å². The highest BCUT2D eigenvalue weighted by molar-refractivity contribution is 5.39. The smallest absolute Gasteiger partial charge is 0.119 e. The second-order valence-electron chi connectivity index (χ2n) is 11.7. The lowest BCUT2D eigenvalue weighted by molar-refractivity contribution is -0.0995. The zero-order valence-corrected chi connectivity index (χ0v) is 20.7. The molecule has 4 bridgehead atoms. The minimum atomic E-state index is -0.460. The predicted molar refractivity (Wildman–Crippen MR) is 135 cm³/mol. The van der Waals surface area contributed by atoms with Crippen molar-refractivity contribution in [2.45, 2.75) is 76.4 Å². The van der Waals surface area contributed by atoms with Crippen LogP contribution < -0.4 is 4.74 Å². The zero-order valence-electron chi connectivity index (χ0n) is 20.7. The molecule has 0 amide bonds. The molecule has 6 rings (SSSR count). The summed E-state index contributed by atoms with van der Waals surface area (Å²) < 4.78 is 6.03. The third-order valence-corrected chi connectivity index (χ3v) is 9.00. The van der Waals surface area contributed by atoms with E-state index >= 15 is 0 Å². The maximum Gasteiger partial charge on any atom is 0.119 e. The standard InChI is InChI=1S/C30H41NO2/c1-4-31(30-17-22-14-23(18-30)16-24(15-22)19-30)20-27(32)21-33-28-12-10-26(11-13-28)29(2,3)25-8-6-5-7-9-25/h5-13,22-24,27,32H,4,14-21H2,1-3H3. The van der Waals surface area contributed by atoms with Crippen LogP contribution in [0, 0.1) is 17.8 Å². The molecule has 4 saturated carbocycles. The van der Waals surface area contributed by atoms with Crippen LogP contribution in [-0.2, 0) is 5.41 Å². The van der Waals surface area contributed by atoms with Crippen molar-refractivity contribution in [3.63, 3.8) is 0 Å². The van der Waals surface area contributed by atoms with E-state index in [1.165, 1.54) is 49.7 Å². The van der Waals surface area contributed by atoms with Gasteiger partial charge in [-0.1, -0.05) is 63.2 Å². The van der Waals surface area contributed by atoms with E-state index in [9.17, 15) is 5.11 Å². The predicted octanol–water partition coefficient (Wildman–Crippen LogP) is 6.04. The lowest BCUT2D eigenvalue weighted by Crippen LogP contribution is -2.61. The number of benzene rings is 2. The molecule has 4 aliphatic rings. The molecule has 1 atom stereocenters. The highest BCUT2D eigenvalue weighted by Crippen LogP contribution is 2.57. The molecule has 0 heterocycles. The highest BCUT2D eigenvalue weighted by Gasteiger charge is 2.53. The molecule has 3 heteroatoms. The molecule has 2 aromatic carbocycles. The monoisotopic (exact) mass is 447 g/mol. The van der Waals surface area contributed by atoms with Gasteiger partial charge in [-0.25, -0.2) is 0 Å². The zero-order chi connectivity index (χ0) is 23.1. The second-order valence-corrected chi connectivity index (χ2v) is 11.7. The first kappa shape index (κ1) is 22.9. The summed E-state index contributed by atoms with van der Waals surface area (Å²) in [7, 11) is 0. The Morgan fingerprint density at radius 2 is 1.45 bits per heavy atom. The number of hydrogen-bond acceptors (Lipinski definition) is 3. The first-order valence-electron chi connectivity index (χ1n) is 13.1. The third kappa shape index (κ3) is 4.59. The van der Waals surface area contributed by atoms with Crippen LogP contribution in [0.15, 0.2) is 54.6 Å². The molecule has 0 aliphatic heterocycles. The Bertz CT molecular complexity index is 885. The van der Waals surface area contributed by atoms with E-state index in [1.807, 2.05) is 12.1 Å². The summed E-state index contributed by atoms with van der Waals surface area (Å²) in [6, 6.07) is 19.0. The molecule has 1 N–H and O–H groups in total. The van der Waals surface area contributed by atoms with E-state index in [4.69, 9.17) is 4.74 Å². The van der Waals surface area contributed by atoms with E-state index in [0.29, 0.717) is 12.1 Å². The van der Waals surface area contributed by atoms with Crippen LogP contribution in [0.3, 0.4) is 0 Å². The van der Waals surface area contributed by atoms with Gasteiger partial charge in [-0.15, -0.1) is 0 Å². The molecule has 0 radical (unpaired) electrons. The number of likely N-dealkylation sites (N-methyl/N-ethyl adjacent to an activating group) is 1. The van der Waals surface area contributed by atoms with Crippen molar-refractivity contribution in [3.8, 4) is 5.75 Å². The van der Waals surface area contributed by atoms with Crippen molar-refractivity contribution < 1.29 is 9.84 Å². The van der Waals surface area contributed by atoms with Gasteiger partial charge in [-0.3, -0.25) is 4.90 Å². The van der Waals surface area contributed by atoms with Gasteiger partial charge in [0, 0.05) is 17.5 Å². The van der Waals surface area contributed by atoms with Crippen molar-refractivity contribution in [2.75, 3.05) is 19.7 Å². The molecule has 3 nitrogen and oxygen atoms in total. The maximum absolute atomic E-state index is 10.9. The molecule has 0 aromatic heterocycles. The largest absolute Gasteiger partial charge is 0.491 e. The first-order valence-corrected chi connectivity index (χ1v) is 13.1. The van der Waals surface area contributed by atoms with Gasteiger partial charge in [0.2, 0.25) is 0 Å². The van der Waals surface area contributed by atoms with Gasteiger partial charge in [0.25, 0.3) is 0 Å². The molecule has 33 heavy (non-hydrogen) atoms. The lowest BCUT2D eigenvalue weighted by atomic mass is 9.52. The van der Waals surface area contributed by atoms with Crippen LogP contribution in [0.2, 0.25) is 0 Å². The summed E-state index contributed by atoms with van der Waals surface area (Å²) >= 11 is 0. The van der Waals surface area contributed by atoms with Crippen LogP contribution in [-0.4, -0.2) is 41.3 Å². The van der Waals surface area contributed by atoms with E-state index in [1.54, 1.807) is 0 Å². The molecular weight excluding hydrogens is 406 g/mol. The van der Waals surface area contributed by atoms with Gasteiger partial charge in [0.05, 0.1) is 0 Å². The van der Waals surface area contributed by atoms with E-state index in [-0.39, 0.29) is 5.41 Å². The number of hydrogen-bond donors (Lipinski definition) is 1. The first-order chi connectivity index (χ1) is 15.9. The summed E-state index contributed by atoms with van der Waals surface area (Å²) in [6.07, 6.45) is 7.95. The van der Waals surface area contributed by atoms with Gasteiger partial charge in [0.1, 0.15) is 18.5 Å². The van der Waals surface area contributed by atoms with Crippen molar-refractivity contribution in [2.24, 2.45) is 17.8 Å². The van der Waals surface area contributed by atoms with Gasteiger partial charge in [-0.2, -0.15) is 0 Å². The average molecular weight is 448 g/mol. The van der Waals surface area contributed by atoms with E-state index in [0.717, 1.165) is 36.6 Å². The molecule has 178 valence electrons. The molecule has 4 aliphatic carbocycles. The Morgan fingerprint density at radius 1 is 0.909 bits per heavy atom. The number of aliphatic hydroxyl groups excluding tert-OH is 1. The number of β-amino-alcohol motifs (C(OH)–C–C–N with tert-alkyl or cyclic N) is 1. The van der Waals surface area contributed by atoms with Crippen molar-refractivity contribution in [3.05, 3.63) is 65.7 Å². The summed E-state index contributed by atoms with van der Waals surface area (Å²) in [5.41, 5.74) is 2.85. The van der Waals surface area contributed by atoms with Gasteiger partial charge in [-0.05, 0) is 86.1 Å². The average Bonchev–Trinajstić information content (AvgIpc) is 2.81. The van der Waals surface area contributed by atoms with Gasteiger partial charge >= 0.3 is 0 Å². The van der Waals surface area contributed by atoms with Crippen LogP contribution in [0.4, 0.5) is 0 Å². The summed E-state index contributed by atoms with van der Waals surface area (Å²) in [6.45, 7) is 8.87. The summed E-state index contributed by atoms with van der Waals surface area (Å²) in [4.78, 5) is 2.61. The van der Waals surface area contributed by atoms with E-state index < -0.39 is 6.10 Å². The Balaban J connectivity index is 1.18. The molecule has 0 spiro atoms. The number of aliphatic hydroxyl groups is 1. The quantitative estimate of drug-likeness (QED) is 0.508. The highest BCUT2D eigenvalue weighted by atomic mass is 16.5. The van der Waals surface area contributed by atoms with Crippen molar-refractivity contribution >= 4 is 0 Å². The van der Waals surface area contributed by atoms with Crippen LogP contribution >= 0.6 is 0 Å². The van der Waals surface area contributed by atoms with Gasteiger partial charge < -0.3 is 9.84 Å². The summed E-state index contributed by atoms with van der Waals surface area (Å²) in [5, 5.41) is 10.9. The molecule has 4 fully saturated rings. The fourth-order valence-corrected chi connectivity index (χ4v) is 7.60. The molecule has 0 saturated heterocycles. The molecule has 1 unspecified atom stereocenters. The third-order valence-electron chi connectivity index (χ3n) is 9.00. The summed E-state index contributed by atoms with van der Waals surface area (Å²) in [5.74, 6) is 3.62. The second kappa shape index (κ2) is 9.07. The topological polar surface area (TPSA) is 32.7 Å². The maximum atomic E-state index is 10.9. The number of ether oxygens (including phenoxy) is 1. The Labute approximate surface area is 200 Å². The lowest BCUT2D eigenvalue weighted by Gasteiger charge is -2.60.